The van der Waals surface area contributed by atoms with E-state index in [0.717, 1.165) is 0 Å². The van der Waals surface area contributed by atoms with Gasteiger partial charge in [0.1, 0.15) is 0 Å². The molecule has 0 saturated heterocycles. The molecule has 0 fully saturated rings. The molecule has 1 unspecified atom stereocenters. The number of aryl methyl sites for hydroxylation is 3. The lowest BCUT2D eigenvalue weighted by Gasteiger charge is -2.09. The number of rotatable bonds is 2. The molecule has 2 aromatic rings. The summed E-state index contributed by atoms with van der Waals surface area (Å²) in [5.41, 5.74) is 4.02. The van der Waals surface area contributed by atoms with E-state index in [1.807, 2.05) is 11.3 Å². The monoisotopic (exact) mass is 294 g/mol. The summed E-state index contributed by atoms with van der Waals surface area (Å²) in [7, 11) is 0. The standard InChI is InChI=1S/C14H15BrS/c1-9-4-6-12(7-5-9)13(15)14-10(2)8-11(3)16-14/h4-8,13H,1-3H3. The highest BCUT2D eigenvalue weighted by molar-refractivity contribution is 9.09. The van der Waals surface area contributed by atoms with E-state index in [0.29, 0.717) is 4.83 Å². The summed E-state index contributed by atoms with van der Waals surface area (Å²) < 4.78 is 0. The van der Waals surface area contributed by atoms with E-state index < -0.39 is 0 Å². The van der Waals surface area contributed by atoms with E-state index in [-0.39, 0.29) is 0 Å². The van der Waals surface area contributed by atoms with E-state index in [1.54, 1.807) is 0 Å². The second-order valence-corrected chi connectivity index (χ2v) is 6.38. The Balaban J connectivity index is 2.35. The Hall–Kier alpha value is -0.600. The Morgan fingerprint density at radius 3 is 2.19 bits per heavy atom. The molecule has 2 heteroatoms. The van der Waals surface area contributed by atoms with E-state index in [9.17, 15) is 0 Å². The number of hydrogen-bond donors (Lipinski definition) is 0. The first kappa shape index (κ1) is 11.9. The van der Waals surface area contributed by atoms with Crippen molar-refractivity contribution in [2.75, 3.05) is 0 Å². The van der Waals surface area contributed by atoms with Crippen LogP contribution in [0.15, 0.2) is 30.3 Å². The summed E-state index contributed by atoms with van der Waals surface area (Å²) in [6.45, 7) is 6.46. The summed E-state index contributed by atoms with van der Waals surface area (Å²) in [5, 5.41) is 0. The smallest absolute Gasteiger partial charge is 0.0740 e. The van der Waals surface area contributed by atoms with Crippen molar-refractivity contribution >= 4 is 27.3 Å². The van der Waals surface area contributed by atoms with Gasteiger partial charge in [0.2, 0.25) is 0 Å². The maximum Gasteiger partial charge on any atom is 0.0740 e. The highest BCUT2D eigenvalue weighted by Gasteiger charge is 2.14. The van der Waals surface area contributed by atoms with Gasteiger partial charge in [-0.2, -0.15) is 0 Å². The minimum atomic E-state index is 0.326. The molecular formula is C14H15BrS. The van der Waals surface area contributed by atoms with Gasteiger partial charge in [0.05, 0.1) is 4.83 Å². The fraction of sp³-hybridized carbons (Fsp3) is 0.286. The van der Waals surface area contributed by atoms with Gasteiger partial charge >= 0.3 is 0 Å². The van der Waals surface area contributed by atoms with Crippen LogP contribution in [0.4, 0.5) is 0 Å². The van der Waals surface area contributed by atoms with Crippen LogP contribution in [-0.2, 0) is 0 Å². The molecule has 0 radical (unpaired) electrons. The molecule has 1 atom stereocenters. The molecule has 1 heterocycles. The van der Waals surface area contributed by atoms with Crippen molar-refractivity contribution in [3.8, 4) is 0 Å². The first-order valence-corrected chi connectivity index (χ1v) is 7.08. The predicted octanol–water partition coefficient (Wildman–Crippen LogP) is 5.16. The van der Waals surface area contributed by atoms with Gasteiger partial charge in [0, 0.05) is 9.75 Å². The van der Waals surface area contributed by atoms with Crippen LogP contribution in [0.2, 0.25) is 0 Å². The summed E-state index contributed by atoms with van der Waals surface area (Å²) >= 11 is 5.67. The Labute approximate surface area is 109 Å². The summed E-state index contributed by atoms with van der Waals surface area (Å²) in [6.07, 6.45) is 0. The van der Waals surface area contributed by atoms with Crippen LogP contribution in [0.5, 0.6) is 0 Å². The average Bonchev–Trinajstić information content (AvgIpc) is 2.58. The molecule has 1 aromatic carbocycles. The van der Waals surface area contributed by atoms with E-state index in [4.69, 9.17) is 0 Å². The summed E-state index contributed by atoms with van der Waals surface area (Å²) in [4.78, 5) is 3.12. The zero-order valence-electron chi connectivity index (χ0n) is 9.75. The lowest BCUT2D eigenvalue weighted by Crippen LogP contribution is -1.91. The van der Waals surface area contributed by atoms with Crippen LogP contribution in [0, 0.1) is 20.8 Å². The molecule has 0 spiro atoms. The molecule has 0 aliphatic carbocycles. The van der Waals surface area contributed by atoms with Gasteiger partial charge in [-0.1, -0.05) is 45.8 Å². The molecule has 0 N–H and O–H groups in total. The van der Waals surface area contributed by atoms with Crippen LogP contribution in [0.25, 0.3) is 0 Å². The maximum atomic E-state index is 3.79. The van der Waals surface area contributed by atoms with Gasteiger partial charge in [-0.05, 0) is 38.0 Å². The van der Waals surface area contributed by atoms with Gasteiger partial charge in [-0.3, -0.25) is 0 Å². The Bertz CT molecular complexity index is 482. The third-order valence-electron chi connectivity index (χ3n) is 2.68. The average molecular weight is 295 g/mol. The van der Waals surface area contributed by atoms with Gasteiger partial charge in [0.25, 0.3) is 0 Å². The summed E-state index contributed by atoms with van der Waals surface area (Å²) in [6, 6.07) is 11.0. The van der Waals surface area contributed by atoms with E-state index >= 15 is 0 Å². The molecule has 0 nitrogen and oxygen atoms in total. The number of hydrogen-bond acceptors (Lipinski definition) is 1. The number of benzene rings is 1. The van der Waals surface area contributed by atoms with Gasteiger partial charge in [0.15, 0.2) is 0 Å². The minimum absolute atomic E-state index is 0.326. The molecular weight excluding hydrogens is 280 g/mol. The largest absolute Gasteiger partial charge is 0.144 e. The molecule has 84 valence electrons. The number of thiophene rings is 1. The zero-order valence-corrected chi connectivity index (χ0v) is 12.2. The minimum Gasteiger partial charge on any atom is -0.144 e. The first-order valence-electron chi connectivity index (χ1n) is 5.35. The molecule has 2 rings (SSSR count). The molecule has 0 aliphatic rings. The van der Waals surface area contributed by atoms with E-state index in [1.165, 1.54) is 26.4 Å². The Morgan fingerprint density at radius 1 is 1.06 bits per heavy atom. The fourth-order valence-electron chi connectivity index (χ4n) is 1.80. The third kappa shape index (κ3) is 2.38. The lowest BCUT2D eigenvalue weighted by molar-refractivity contribution is 1.19. The number of alkyl halides is 1. The molecule has 1 aromatic heterocycles. The predicted molar refractivity (Wildman–Crippen MR) is 75.7 cm³/mol. The maximum absolute atomic E-state index is 3.79. The first-order chi connectivity index (χ1) is 7.58. The van der Waals surface area contributed by atoms with Gasteiger partial charge < -0.3 is 0 Å². The summed E-state index contributed by atoms with van der Waals surface area (Å²) in [5.74, 6) is 0. The van der Waals surface area contributed by atoms with Gasteiger partial charge in [-0.25, -0.2) is 0 Å². The molecule has 0 amide bonds. The Morgan fingerprint density at radius 2 is 1.69 bits per heavy atom. The lowest BCUT2D eigenvalue weighted by atomic mass is 10.1. The van der Waals surface area contributed by atoms with Crippen molar-refractivity contribution in [1.82, 2.24) is 0 Å². The highest BCUT2D eigenvalue weighted by Crippen LogP contribution is 2.37. The molecule has 0 bridgehead atoms. The van der Waals surface area contributed by atoms with Crippen molar-refractivity contribution in [3.05, 3.63) is 56.8 Å². The second-order valence-electron chi connectivity index (χ2n) is 4.18. The SMILES string of the molecule is Cc1ccc(C(Br)c2sc(C)cc2C)cc1. The van der Waals surface area contributed by atoms with Crippen molar-refractivity contribution in [2.24, 2.45) is 0 Å². The number of halogens is 1. The topological polar surface area (TPSA) is 0 Å². The Kier molecular flexibility index (Phi) is 3.50. The van der Waals surface area contributed by atoms with Crippen LogP contribution in [0.1, 0.15) is 31.3 Å². The zero-order chi connectivity index (χ0) is 11.7. The molecule has 0 saturated carbocycles. The van der Waals surface area contributed by atoms with E-state index in [2.05, 4.69) is 67.0 Å². The van der Waals surface area contributed by atoms with Gasteiger partial charge in [-0.15, -0.1) is 11.3 Å². The van der Waals surface area contributed by atoms with Crippen LogP contribution in [-0.4, -0.2) is 0 Å². The second kappa shape index (κ2) is 4.72. The van der Waals surface area contributed by atoms with Crippen LogP contribution >= 0.6 is 27.3 Å². The van der Waals surface area contributed by atoms with Crippen molar-refractivity contribution in [3.63, 3.8) is 0 Å². The third-order valence-corrected chi connectivity index (χ3v) is 5.19. The van der Waals surface area contributed by atoms with Crippen LogP contribution in [0.3, 0.4) is 0 Å². The van der Waals surface area contributed by atoms with Crippen molar-refractivity contribution in [2.45, 2.75) is 25.6 Å². The quantitative estimate of drug-likeness (QED) is 0.671. The molecule has 0 aliphatic heterocycles. The van der Waals surface area contributed by atoms with Crippen molar-refractivity contribution in [1.29, 1.82) is 0 Å². The fourth-order valence-corrected chi connectivity index (χ4v) is 3.79. The van der Waals surface area contributed by atoms with Crippen LogP contribution < -0.4 is 0 Å². The van der Waals surface area contributed by atoms with Crippen molar-refractivity contribution < 1.29 is 0 Å². The normalized spacial score (nSPS) is 12.8. The molecule has 16 heavy (non-hydrogen) atoms. The highest BCUT2D eigenvalue weighted by atomic mass is 79.9.